The molecule has 0 fully saturated rings. The number of hydrogen-bond acceptors (Lipinski definition) is 6. The second-order valence-corrected chi connectivity index (χ2v) is 7.99. The van der Waals surface area contributed by atoms with E-state index in [0.717, 1.165) is 0 Å². The van der Waals surface area contributed by atoms with Crippen molar-refractivity contribution < 1.29 is 23.9 Å². The van der Waals surface area contributed by atoms with Crippen LogP contribution in [-0.4, -0.2) is 53.0 Å². The summed E-state index contributed by atoms with van der Waals surface area (Å²) in [5.74, 6) is -0.737. The number of aromatic nitrogens is 1. The minimum atomic E-state index is -1.09. The van der Waals surface area contributed by atoms with Gasteiger partial charge in [0.1, 0.15) is 17.0 Å². The fraction of sp³-hybridized carbons (Fsp3) is 0.579. The largest absolute Gasteiger partial charge is 0.444 e. The number of carbonyl (C=O) groups is 3. The highest BCUT2D eigenvalue weighted by atomic mass is 35.5. The number of hydrogen-bond donors (Lipinski definition) is 2. The van der Waals surface area contributed by atoms with Gasteiger partial charge in [-0.1, -0.05) is 0 Å². The maximum atomic E-state index is 12.3. The Hall–Kier alpha value is -2.19. The number of anilines is 1. The Labute approximate surface area is 170 Å². The van der Waals surface area contributed by atoms with Gasteiger partial charge in [0.05, 0.1) is 11.9 Å². The summed E-state index contributed by atoms with van der Waals surface area (Å²) in [4.78, 5) is 40.5. The van der Waals surface area contributed by atoms with Crippen molar-refractivity contribution in [1.29, 1.82) is 0 Å². The van der Waals surface area contributed by atoms with Crippen molar-refractivity contribution in [3.63, 3.8) is 0 Å². The third-order valence-electron chi connectivity index (χ3n) is 3.78. The van der Waals surface area contributed by atoms with Gasteiger partial charge >= 0.3 is 6.09 Å². The quantitative estimate of drug-likeness (QED) is 0.634. The highest BCUT2D eigenvalue weighted by molar-refractivity contribution is 6.28. The molecule has 28 heavy (non-hydrogen) atoms. The number of Topliss-reactive ketones (excluding diaryl/α,β-unsaturated/α-hetero) is 1. The molecule has 0 aliphatic rings. The lowest BCUT2D eigenvalue weighted by Crippen LogP contribution is -2.51. The van der Waals surface area contributed by atoms with Gasteiger partial charge in [-0.05, 0) is 58.7 Å². The fourth-order valence-electron chi connectivity index (χ4n) is 2.08. The van der Waals surface area contributed by atoms with Crippen LogP contribution in [0.15, 0.2) is 18.3 Å². The molecular formula is C19H28ClN3O5. The molecule has 0 bridgehead atoms. The zero-order valence-electron chi connectivity index (χ0n) is 17.1. The Morgan fingerprint density at radius 2 is 1.86 bits per heavy atom. The van der Waals surface area contributed by atoms with E-state index in [1.54, 1.807) is 46.8 Å². The highest BCUT2D eigenvalue weighted by Gasteiger charge is 2.31. The lowest BCUT2D eigenvalue weighted by atomic mass is 10.0. The summed E-state index contributed by atoms with van der Waals surface area (Å²) >= 11 is 5.69. The molecule has 0 spiro atoms. The maximum absolute atomic E-state index is 12.3. The van der Waals surface area contributed by atoms with Crippen LogP contribution in [0.1, 0.15) is 40.2 Å². The van der Waals surface area contributed by atoms with Crippen LogP contribution in [0.3, 0.4) is 0 Å². The molecule has 2 amide bonds. The molecule has 0 saturated heterocycles. The standard InChI is InChI=1S/C19H28ClN3O5/c1-18(2,3)28-17(26)23-15-10-12(7-8-21-15)9-13(14(24)11-20)22-16(25)19(4,5)27-6/h7-8,10,13H,9,11H2,1-6H3,(H,22,25)(H,21,23,26). The van der Waals surface area contributed by atoms with E-state index in [0.29, 0.717) is 5.56 Å². The molecule has 8 nitrogen and oxygen atoms in total. The number of carbonyl (C=O) groups excluding carboxylic acids is 3. The Morgan fingerprint density at radius 3 is 2.39 bits per heavy atom. The van der Waals surface area contributed by atoms with Gasteiger partial charge in [0, 0.05) is 13.3 Å². The van der Waals surface area contributed by atoms with E-state index in [1.807, 2.05) is 0 Å². The number of rotatable bonds is 8. The van der Waals surface area contributed by atoms with Gasteiger partial charge in [-0.2, -0.15) is 0 Å². The molecule has 156 valence electrons. The lowest BCUT2D eigenvalue weighted by molar-refractivity contribution is -0.141. The molecule has 0 aliphatic heterocycles. The SMILES string of the molecule is COC(C)(C)C(=O)NC(Cc1ccnc(NC(=O)OC(C)(C)C)c1)C(=O)CCl. The number of halogens is 1. The van der Waals surface area contributed by atoms with Crippen molar-refractivity contribution >= 4 is 35.2 Å². The predicted octanol–water partition coefficient (Wildman–Crippen LogP) is 2.69. The molecule has 1 heterocycles. The van der Waals surface area contributed by atoms with Crippen LogP contribution >= 0.6 is 11.6 Å². The molecule has 1 atom stereocenters. The van der Waals surface area contributed by atoms with Crippen molar-refractivity contribution in [2.75, 3.05) is 18.3 Å². The van der Waals surface area contributed by atoms with Crippen LogP contribution in [0.5, 0.6) is 0 Å². The first-order valence-electron chi connectivity index (χ1n) is 8.77. The number of amides is 2. The minimum absolute atomic E-state index is 0.183. The summed E-state index contributed by atoms with van der Waals surface area (Å²) in [6, 6.07) is 2.45. The van der Waals surface area contributed by atoms with Crippen molar-refractivity contribution in [2.24, 2.45) is 0 Å². The van der Waals surface area contributed by atoms with Crippen LogP contribution in [0, 0.1) is 0 Å². The molecule has 0 aliphatic carbocycles. The topological polar surface area (TPSA) is 107 Å². The molecule has 9 heteroatoms. The fourth-order valence-corrected chi connectivity index (χ4v) is 2.26. The van der Waals surface area contributed by atoms with Gasteiger partial charge in [0.15, 0.2) is 5.78 Å². The second kappa shape index (κ2) is 9.84. The zero-order chi connectivity index (χ0) is 21.5. The first-order valence-corrected chi connectivity index (χ1v) is 9.31. The number of ether oxygens (including phenoxy) is 2. The molecule has 2 N–H and O–H groups in total. The number of methoxy groups -OCH3 is 1. The van der Waals surface area contributed by atoms with E-state index in [9.17, 15) is 14.4 Å². The minimum Gasteiger partial charge on any atom is -0.444 e. The number of nitrogens with zero attached hydrogens (tertiary/aromatic N) is 1. The molecular weight excluding hydrogens is 386 g/mol. The molecule has 0 aromatic carbocycles. The summed E-state index contributed by atoms with van der Waals surface area (Å²) in [7, 11) is 1.41. The molecule has 1 aromatic rings. The van der Waals surface area contributed by atoms with Crippen molar-refractivity contribution in [3.8, 4) is 0 Å². The average Bonchev–Trinajstić information content (AvgIpc) is 2.58. The van der Waals surface area contributed by atoms with Crippen molar-refractivity contribution in [1.82, 2.24) is 10.3 Å². The average molecular weight is 414 g/mol. The third kappa shape index (κ3) is 7.82. The number of alkyl halides is 1. The monoisotopic (exact) mass is 413 g/mol. The number of nitrogens with one attached hydrogen (secondary N) is 2. The van der Waals surface area contributed by atoms with E-state index in [4.69, 9.17) is 21.1 Å². The molecule has 1 unspecified atom stereocenters. The first-order chi connectivity index (χ1) is 12.9. The Morgan fingerprint density at radius 1 is 1.21 bits per heavy atom. The smallest absolute Gasteiger partial charge is 0.413 e. The van der Waals surface area contributed by atoms with Gasteiger partial charge in [0.2, 0.25) is 0 Å². The van der Waals surface area contributed by atoms with E-state index < -0.39 is 29.2 Å². The van der Waals surface area contributed by atoms with Crippen LogP contribution < -0.4 is 10.6 Å². The van der Waals surface area contributed by atoms with Gasteiger partial charge in [0.25, 0.3) is 5.91 Å². The van der Waals surface area contributed by atoms with E-state index in [2.05, 4.69) is 15.6 Å². The third-order valence-corrected chi connectivity index (χ3v) is 4.04. The summed E-state index contributed by atoms with van der Waals surface area (Å²) in [5.41, 5.74) is -1.05. The van der Waals surface area contributed by atoms with Gasteiger partial charge in [-0.3, -0.25) is 14.9 Å². The maximum Gasteiger partial charge on any atom is 0.413 e. The van der Waals surface area contributed by atoms with Gasteiger partial charge < -0.3 is 14.8 Å². The van der Waals surface area contributed by atoms with Crippen LogP contribution in [0.4, 0.5) is 10.6 Å². The van der Waals surface area contributed by atoms with E-state index in [-0.39, 0.29) is 23.9 Å². The van der Waals surface area contributed by atoms with Crippen LogP contribution in [0.25, 0.3) is 0 Å². The number of ketones is 1. The normalized spacial score (nSPS) is 12.8. The summed E-state index contributed by atoms with van der Waals surface area (Å²) in [5, 5.41) is 5.21. The molecule has 0 saturated carbocycles. The zero-order valence-corrected chi connectivity index (χ0v) is 17.8. The predicted molar refractivity (Wildman–Crippen MR) is 107 cm³/mol. The summed E-state index contributed by atoms with van der Waals surface area (Å²) < 4.78 is 10.3. The van der Waals surface area contributed by atoms with Crippen molar-refractivity contribution in [2.45, 2.75) is 58.3 Å². The van der Waals surface area contributed by atoms with E-state index in [1.165, 1.54) is 13.3 Å². The summed E-state index contributed by atoms with van der Waals surface area (Å²) in [6.45, 7) is 8.45. The van der Waals surface area contributed by atoms with Crippen LogP contribution in [0.2, 0.25) is 0 Å². The van der Waals surface area contributed by atoms with E-state index >= 15 is 0 Å². The van der Waals surface area contributed by atoms with Crippen molar-refractivity contribution in [3.05, 3.63) is 23.9 Å². The molecule has 0 radical (unpaired) electrons. The second-order valence-electron chi connectivity index (χ2n) is 7.72. The Bertz CT molecular complexity index is 716. The Balaban J connectivity index is 2.91. The Kier molecular flexibility index (Phi) is 8.38. The highest BCUT2D eigenvalue weighted by Crippen LogP contribution is 2.14. The molecule has 1 rings (SSSR count). The first kappa shape index (κ1) is 23.8. The molecule has 1 aromatic heterocycles. The van der Waals surface area contributed by atoms with Gasteiger partial charge in [-0.15, -0.1) is 11.6 Å². The van der Waals surface area contributed by atoms with Gasteiger partial charge in [-0.25, -0.2) is 9.78 Å². The summed E-state index contributed by atoms with van der Waals surface area (Å²) in [6.07, 6.45) is 1.04. The lowest BCUT2D eigenvalue weighted by Gasteiger charge is -2.25. The number of pyridine rings is 1. The van der Waals surface area contributed by atoms with Crippen LogP contribution in [-0.2, 0) is 25.5 Å².